The fraction of sp³-hybridized carbons (Fsp3) is 0.562. The van der Waals surface area contributed by atoms with E-state index in [2.05, 4.69) is 25.1 Å². The van der Waals surface area contributed by atoms with E-state index < -0.39 is 0 Å². The summed E-state index contributed by atoms with van der Waals surface area (Å²) < 4.78 is 5.65. The molecule has 0 aromatic heterocycles. The molecule has 1 aliphatic rings. The van der Waals surface area contributed by atoms with Crippen LogP contribution in [0, 0.1) is 11.3 Å². The summed E-state index contributed by atoms with van der Waals surface area (Å²) in [7, 11) is 0. The largest absolute Gasteiger partial charge is 0.494 e. The van der Waals surface area contributed by atoms with E-state index in [9.17, 15) is 5.26 Å². The van der Waals surface area contributed by atoms with Crippen LogP contribution < -0.4 is 4.74 Å². The molecule has 2 heteroatoms. The second-order valence-corrected chi connectivity index (χ2v) is 5.13. The summed E-state index contributed by atoms with van der Waals surface area (Å²) in [6.45, 7) is 2.93. The molecule has 0 saturated heterocycles. The first-order chi connectivity index (χ1) is 8.80. The molecular formula is C16H21NO. The Morgan fingerprint density at radius 3 is 2.44 bits per heavy atom. The van der Waals surface area contributed by atoms with Gasteiger partial charge in [-0.3, -0.25) is 0 Å². The Kier molecular flexibility index (Phi) is 4.25. The Balaban J connectivity index is 2.05. The minimum Gasteiger partial charge on any atom is -0.494 e. The molecule has 1 saturated carbocycles. The van der Waals surface area contributed by atoms with Gasteiger partial charge in [0.15, 0.2) is 0 Å². The van der Waals surface area contributed by atoms with Gasteiger partial charge in [0.2, 0.25) is 0 Å². The second kappa shape index (κ2) is 5.91. The van der Waals surface area contributed by atoms with E-state index in [0.29, 0.717) is 0 Å². The molecule has 0 bridgehead atoms. The highest BCUT2D eigenvalue weighted by atomic mass is 16.5. The fourth-order valence-corrected chi connectivity index (χ4v) is 2.65. The van der Waals surface area contributed by atoms with Crippen LogP contribution in [0.2, 0.25) is 0 Å². The SMILES string of the molecule is CCCCOc1ccc(C2(C#N)CCCC2)cc1. The summed E-state index contributed by atoms with van der Waals surface area (Å²) in [4.78, 5) is 0. The van der Waals surface area contributed by atoms with Gasteiger partial charge in [-0.1, -0.05) is 38.3 Å². The molecule has 0 atom stereocenters. The smallest absolute Gasteiger partial charge is 0.119 e. The topological polar surface area (TPSA) is 33.0 Å². The van der Waals surface area contributed by atoms with Gasteiger partial charge in [0.05, 0.1) is 18.1 Å². The zero-order chi connectivity index (χ0) is 12.8. The standard InChI is InChI=1S/C16H21NO/c1-2-3-12-18-15-8-6-14(7-9-15)16(13-17)10-4-5-11-16/h6-9H,2-5,10-12H2,1H3. The van der Waals surface area contributed by atoms with Crippen molar-refractivity contribution in [3.63, 3.8) is 0 Å². The molecule has 1 aliphatic carbocycles. The molecule has 1 fully saturated rings. The molecule has 1 aromatic rings. The van der Waals surface area contributed by atoms with Gasteiger partial charge in [0.1, 0.15) is 5.75 Å². The summed E-state index contributed by atoms with van der Waals surface area (Å²) in [5, 5.41) is 9.43. The van der Waals surface area contributed by atoms with Crippen molar-refractivity contribution in [2.24, 2.45) is 0 Å². The van der Waals surface area contributed by atoms with Gasteiger partial charge in [-0.15, -0.1) is 0 Å². The third-order valence-electron chi connectivity index (χ3n) is 3.84. The van der Waals surface area contributed by atoms with Crippen LogP contribution in [0.25, 0.3) is 0 Å². The van der Waals surface area contributed by atoms with Crippen molar-refractivity contribution in [3.05, 3.63) is 29.8 Å². The fourth-order valence-electron chi connectivity index (χ4n) is 2.65. The average Bonchev–Trinajstić information content (AvgIpc) is 2.90. The number of unbranched alkanes of at least 4 members (excludes halogenated alkanes) is 1. The maximum atomic E-state index is 9.43. The molecule has 0 spiro atoms. The lowest BCUT2D eigenvalue weighted by Crippen LogP contribution is -2.18. The first-order valence-corrected chi connectivity index (χ1v) is 6.95. The summed E-state index contributed by atoms with van der Waals surface area (Å²) in [6, 6.07) is 10.7. The van der Waals surface area contributed by atoms with Crippen molar-refractivity contribution < 1.29 is 4.74 Å². The van der Waals surface area contributed by atoms with Gasteiger partial charge >= 0.3 is 0 Å². The number of benzene rings is 1. The van der Waals surface area contributed by atoms with Crippen LogP contribution in [-0.2, 0) is 5.41 Å². The van der Waals surface area contributed by atoms with Gasteiger partial charge in [-0.25, -0.2) is 0 Å². The molecule has 2 nitrogen and oxygen atoms in total. The summed E-state index contributed by atoms with van der Waals surface area (Å²) >= 11 is 0. The van der Waals surface area contributed by atoms with Crippen molar-refractivity contribution in [2.75, 3.05) is 6.61 Å². The number of rotatable bonds is 5. The van der Waals surface area contributed by atoms with Crippen LogP contribution in [0.5, 0.6) is 5.75 Å². The predicted molar refractivity (Wildman–Crippen MR) is 72.6 cm³/mol. The minimum absolute atomic E-state index is 0.234. The van der Waals surface area contributed by atoms with E-state index in [-0.39, 0.29) is 5.41 Å². The first kappa shape index (κ1) is 13.0. The van der Waals surface area contributed by atoms with Gasteiger partial charge < -0.3 is 4.74 Å². The minimum atomic E-state index is -0.234. The highest BCUT2D eigenvalue weighted by molar-refractivity contribution is 5.37. The van der Waals surface area contributed by atoms with Gasteiger partial charge in [0.25, 0.3) is 0 Å². The third kappa shape index (κ3) is 2.67. The third-order valence-corrected chi connectivity index (χ3v) is 3.84. The van der Waals surface area contributed by atoms with E-state index in [4.69, 9.17) is 4.74 Å². The zero-order valence-electron chi connectivity index (χ0n) is 11.1. The average molecular weight is 243 g/mol. The molecule has 0 heterocycles. The lowest BCUT2D eigenvalue weighted by atomic mass is 9.80. The predicted octanol–water partition coefficient (Wildman–Crippen LogP) is 4.20. The van der Waals surface area contributed by atoms with Gasteiger partial charge in [-0.2, -0.15) is 5.26 Å². The van der Waals surface area contributed by atoms with Crippen molar-refractivity contribution >= 4 is 0 Å². The van der Waals surface area contributed by atoms with Crippen LogP contribution >= 0.6 is 0 Å². The maximum Gasteiger partial charge on any atom is 0.119 e. The second-order valence-electron chi connectivity index (χ2n) is 5.13. The van der Waals surface area contributed by atoms with E-state index in [1.165, 1.54) is 12.8 Å². The van der Waals surface area contributed by atoms with Crippen molar-refractivity contribution in [2.45, 2.75) is 50.9 Å². The molecule has 0 N–H and O–H groups in total. The number of ether oxygens (including phenoxy) is 1. The Bertz CT molecular complexity index is 410. The van der Waals surface area contributed by atoms with E-state index in [0.717, 1.165) is 43.6 Å². The zero-order valence-corrected chi connectivity index (χ0v) is 11.1. The van der Waals surface area contributed by atoms with E-state index in [1.807, 2.05) is 12.1 Å². The highest BCUT2D eigenvalue weighted by Crippen LogP contribution is 2.40. The molecule has 0 unspecified atom stereocenters. The van der Waals surface area contributed by atoms with Crippen LogP contribution in [0.4, 0.5) is 0 Å². The Morgan fingerprint density at radius 1 is 1.22 bits per heavy atom. The lowest BCUT2D eigenvalue weighted by molar-refractivity contribution is 0.309. The van der Waals surface area contributed by atoms with Crippen molar-refractivity contribution in [1.29, 1.82) is 5.26 Å². The molecule has 2 rings (SSSR count). The lowest BCUT2D eigenvalue weighted by Gasteiger charge is -2.20. The summed E-state index contributed by atoms with van der Waals surface area (Å²) in [6.07, 6.45) is 6.57. The Morgan fingerprint density at radius 2 is 1.89 bits per heavy atom. The Labute approximate surface area is 110 Å². The van der Waals surface area contributed by atoms with Crippen LogP contribution in [-0.4, -0.2) is 6.61 Å². The van der Waals surface area contributed by atoms with Gasteiger partial charge in [0, 0.05) is 0 Å². The molecule has 96 valence electrons. The van der Waals surface area contributed by atoms with Gasteiger partial charge in [-0.05, 0) is 37.0 Å². The van der Waals surface area contributed by atoms with E-state index >= 15 is 0 Å². The number of nitriles is 1. The molecule has 0 amide bonds. The number of hydrogen-bond donors (Lipinski definition) is 0. The molecular weight excluding hydrogens is 222 g/mol. The first-order valence-electron chi connectivity index (χ1n) is 6.95. The van der Waals surface area contributed by atoms with E-state index in [1.54, 1.807) is 0 Å². The van der Waals surface area contributed by atoms with Crippen LogP contribution in [0.15, 0.2) is 24.3 Å². The molecule has 1 aromatic carbocycles. The molecule has 18 heavy (non-hydrogen) atoms. The normalized spacial score (nSPS) is 17.3. The maximum absolute atomic E-state index is 9.43. The number of nitrogens with zero attached hydrogens (tertiary/aromatic N) is 1. The summed E-state index contributed by atoms with van der Waals surface area (Å²) in [5.41, 5.74) is 0.924. The van der Waals surface area contributed by atoms with Crippen LogP contribution in [0.3, 0.4) is 0 Å². The van der Waals surface area contributed by atoms with Crippen molar-refractivity contribution in [1.82, 2.24) is 0 Å². The Hall–Kier alpha value is -1.49. The molecule has 0 radical (unpaired) electrons. The van der Waals surface area contributed by atoms with Crippen molar-refractivity contribution in [3.8, 4) is 11.8 Å². The quantitative estimate of drug-likeness (QED) is 0.726. The van der Waals surface area contributed by atoms with Crippen LogP contribution in [0.1, 0.15) is 51.0 Å². The highest BCUT2D eigenvalue weighted by Gasteiger charge is 2.35. The monoisotopic (exact) mass is 243 g/mol. The number of hydrogen-bond acceptors (Lipinski definition) is 2. The summed E-state index contributed by atoms with van der Waals surface area (Å²) in [5.74, 6) is 0.915. The molecule has 0 aliphatic heterocycles.